The maximum atomic E-state index is 13.0. The van der Waals surface area contributed by atoms with Crippen molar-refractivity contribution in [2.24, 2.45) is 10.9 Å². The lowest BCUT2D eigenvalue weighted by Crippen LogP contribution is -2.71. The van der Waals surface area contributed by atoms with Crippen molar-refractivity contribution >= 4 is 57.6 Å². The van der Waals surface area contributed by atoms with Gasteiger partial charge in [-0.2, -0.15) is 0 Å². The Labute approximate surface area is 209 Å². The summed E-state index contributed by atoms with van der Waals surface area (Å²) in [5, 5.41) is 17.4. The number of hydrogen-bond donors (Lipinski definition) is 4. The topological polar surface area (TPSA) is 190 Å². The number of quaternary nitrogens is 1. The van der Waals surface area contributed by atoms with Gasteiger partial charge in [-0.15, -0.1) is 23.1 Å². The number of hydrogen-bond acceptors (Lipinski definition) is 10. The first-order valence-electron chi connectivity index (χ1n) is 10.3. The summed E-state index contributed by atoms with van der Waals surface area (Å²) in [6, 6.07) is -0.942. The number of amides is 3. The average Bonchev–Trinajstić information content (AvgIpc) is 3.20. The third kappa shape index (κ3) is 5.80. The fourth-order valence-corrected chi connectivity index (χ4v) is 5.63. The van der Waals surface area contributed by atoms with E-state index in [0.29, 0.717) is 28.9 Å². The number of nitrogens with zero attached hydrogens (tertiary/aromatic N) is 4. The second-order valence-corrected chi connectivity index (χ2v) is 10.4. The van der Waals surface area contributed by atoms with E-state index < -0.39 is 35.1 Å². The van der Waals surface area contributed by atoms with Crippen LogP contribution in [0.25, 0.3) is 0 Å². The highest BCUT2D eigenvalue weighted by Crippen LogP contribution is 2.40. The largest absolute Gasteiger partial charge is 0.477 e. The Kier molecular flexibility index (Phi) is 7.82. The minimum atomic E-state index is -1.23. The van der Waals surface area contributed by atoms with Gasteiger partial charge in [0.15, 0.2) is 10.8 Å². The minimum Gasteiger partial charge on any atom is -0.477 e. The number of carbonyl (C=O) groups is 4. The molecule has 3 amide bonds. The number of likely N-dealkylation sites (N-methyl/N-ethyl adjacent to an activating group) is 1. The van der Waals surface area contributed by atoms with Gasteiger partial charge in [-0.05, 0) is 6.08 Å². The van der Waals surface area contributed by atoms with Crippen molar-refractivity contribution in [2.75, 3.05) is 45.8 Å². The van der Waals surface area contributed by atoms with Gasteiger partial charge in [-0.3, -0.25) is 19.3 Å². The molecule has 0 bridgehead atoms. The molecule has 188 valence electrons. The van der Waals surface area contributed by atoms with Crippen molar-refractivity contribution in [3.63, 3.8) is 0 Å². The van der Waals surface area contributed by atoms with E-state index in [1.807, 2.05) is 14.1 Å². The van der Waals surface area contributed by atoms with Gasteiger partial charge >= 0.3 is 5.97 Å². The zero-order valence-electron chi connectivity index (χ0n) is 19.3. The lowest BCUT2D eigenvalue weighted by molar-refractivity contribution is -0.879. The molecule has 3 rings (SSSR count). The number of nitrogens with two attached hydrogens (primary N) is 2. The third-order valence-corrected chi connectivity index (χ3v) is 7.21. The molecular weight excluding hydrogens is 498 g/mol. The predicted molar refractivity (Wildman–Crippen MR) is 130 cm³/mol. The number of β-lactam (4-membered cyclic amide) rings is 1. The number of anilines is 1. The number of thioether (sulfide) groups is 1. The fraction of sp³-hybridized carbons (Fsp3) is 0.400. The average molecular weight is 525 g/mol. The Morgan fingerprint density at radius 2 is 2.14 bits per heavy atom. The van der Waals surface area contributed by atoms with Crippen LogP contribution < -0.4 is 16.8 Å². The number of aliphatic carboxylic acids is 1. The van der Waals surface area contributed by atoms with Crippen molar-refractivity contribution in [1.82, 2.24) is 15.2 Å². The number of carboxylic acids is 1. The van der Waals surface area contributed by atoms with Crippen LogP contribution in [0.2, 0.25) is 0 Å². The van der Waals surface area contributed by atoms with Gasteiger partial charge in [0.1, 0.15) is 36.5 Å². The lowest BCUT2D eigenvalue weighted by Gasteiger charge is -2.49. The molecule has 0 aromatic carbocycles. The standard InChI is InChI=1S/C20H25N7O6S2/c1-27(2,6-4-5-12(21)28)7-10-8-34-18-14(17(30)26(18)15(10)19(31)32)24-16(29)13(25-33-3)11-9-35-20(22)23-11/h4-5,9,14,18H,6-8H2,1-3H3,(H5-,21,22,23,24,28,29,31,32)/p+1/b5-4+,25-13-. The van der Waals surface area contributed by atoms with Crippen molar-refractivity contribution in [2.45, 2.75) is 11.4 Å². The summed E-state index contributed by atoms with van der Waals surface area (Å²) in [6.07, 6.45) is 2.88. The number of rotatable bonds is 10. The molecule has 2 unspecified atom stereocenters. The van der Waals surface area contributed by atoms with Gasteiger partial charge in [-0.1, -0.05) is 5.16 Å². The molecule has 2 aliphatic rings. The number of aromatic nitrogens is 1. The van der Waals surface area contributed by atoms with Crippen LogP contribution in [0.15, 0.2) is 34.0 Å². The second-order valence-electron chi connectivity index (χ2n) is 8.39. The molecule has 1 aromatic heterocycles. The summed E-state index contributed by atoms with van der Waals surface area (Å²) in [7, 11) is 5.01. The molecule has 35 heavy (non-hydrogen) atoms. The van der Waals surface area contributed by atoms with Gasteiger partial charge in [-0.25, -0.2) is 9.78 Å². The van der Waals surface area contributed by atoms with E-state index in [4.69, 9.17) is 16.3 Å². The van der Waals surface area contributed by atoms with Crippen LogP contribution in [0.4, 0.5) is 5.13 Å². The number of nitrogens with one attached hydrogen (secondary N) is 1. The van der Waals surface area contributed by atoms with E-state index in [1.165, 1.54) is 35.2 Å². The van der Waals surface area contributed by atoms with Gasteiger partial charge in [0.2, 0.25) is 5.91 Å². The van der Waals surface area contributed by atoms with Crippen molar-refractivity contribution in [3.05, 3.63) is 34.5 Å². The number of carboxylic acid groups (broad SMARTS) is 1. The minimum absolute atomic E-state index is 0.0904. The molecule has 15 heteroatoms. The summed E-state index contributed by atoms with van der Waals surface area (Å²) in [4.78, 5) is 58.8. The van der Waals surface area contributed by atoms with Crippen LogP contribution >= 0.6 is 23.1 Å². The number of thiazole rings is 1. The first-order valence-corrected chi connectivity index (χ1v) is 12.2. The molecular formula is C20H26N7O6S2+. The van der Waals surface area contributed by atoms with Gasteiger partial charge in [0, 0.05) is 22.8 Å². The molecule has 13 nitrogen and oxygen atoms in total. The van der Waals surface area contributed by atoms with Crippen LogP contribution in [-0.2, 0) is 24.0 Å². The molecule has 0 aliphatic carbocycles. The highest BCUT2D eigenvalue weighted by atomic mass is 32.2. The van der Waals surface area contributed by atoms with Crippen molar-refractivity contribution in [3.8, 4) is 0 Å². The maximum absolute atomic E-state index is 13.0. The predicted octanol–water partition coefficient (Wildman–Crippen LogP) is -1.07. The Morgan fingerprint density at radius 3 is 2.71 bits per heavy atom. The molecule has 0 radical (unpaired) electrons. The summed E-state index contributed by atoms with van der Waals surface area (Å²) in [6.45, 7) is 0.768. The van der Waals surface area contributed by atoms with Gasteiger partial charge in [0.05, 0.1) is 20.6 Å². The van der Waals surface area contributed by atoms with E-state index in [-0.39, 0.29) is 22.2 Å². The monoisotopic (exact) mass is 524 g/mol. The van der Waals surface area contributed by atoms with Gasteiger partial charge < -0.3 is 31.2 Å². The zero-order chi connectivity index (χ0) is 25.9. The second kappa shape index (κ2) is 10.5. The maximum Gasteiger partial charge on any atom is 0.352 e. The lowest BCUT2D eigenvalue weighted by atomic mass is 10.0. The molecule has 6 N–H and O–H groups in total. The molecule has 0 saturated carbocycles. The molecule has 2 aliphatic heterocycles. The summed E-state index contributed by atoms with van der Waals surface area (Å²) in [5.74, 6) is -2.68. The van der Waals surface area contributed by atoms with E-state index in [1.54, 1.807) is 6.08 Å². The van der Waals surface area contributed by atoms with Gasteiger partial charge in [0.25, 0.3) is 11.8 Å². The van der Waals surface area contributed by atoms with E-state index in [2.05, 4.69) is 15.5 Å². The third-order valence-electron chi connectivity index (χ3n) is 5.20. The van der Waals surface area contributed by atoms with Crippen LogP contribution in [0, 0.1) is 0 Å². The fourth-order valence-electron chi connectivity index (χ4n) is 3.74. The highest BCUT2D eigenvalue weighted by molar-refractivity contribution is 8.00. The molecule has 1 aromatic rings. The Balaban J connectivity index is 1.77. The Hall–Kier alpha value is -3.43. The Morgan fingerprint density at radius 1 is 1.43 bits per heavy atom. The molecule has 0 spiro atoms. The van der Waals surface area contributed by atoms with Crippen LogP contribution in [0.5, 0.6) is 0 Å². The van der Waals surface area contributed by atoms with Crippen LogP contribution in [0.3, 0.4) is 0 Å². The SMILES string of the molecule is CO/N=C(\C(=O)NC1C(=O)N2C(C(=O)O)=C(C[N+](C)(C)C/C=C/C(N)=O)CSC12)c1csc(N)n1. The summed E-state index contributed by atoms with van der Waals surface area (Å²) >= 11 is 2.47. The van der Waals surface area contributed by atoms with E-state index in [0.717, 1.165) is 11.3 Å². The number of primary amides is 1. The highest BCUT2D eigenvalue weighted by Gasteiger charge is 2.55. The zero-order valence-corrected chi connectivity index (χ0v) is 20.9. The number of oxime groups is 1. The number of nitrogen functional groups attached to an aromatic ring is 1. The smallest absolute Gasteiger partial charge is 0.352 e. The summed E-state index contributed by atoms with van der Waals surface area (Å²) < 4.78 is 0.344. The van der Waals surface area contributed by atoms with E-state index in [9.17, 15) is 24.3 Å². The summed E-state index contributed by atoms with van der Waals surface area (Å²) in [5.41, 5.74) is 11.3. The van der Waals surface area contributed by atoms with E-state index >= 15 is 0 Å². The number of carbonyl (C=O) groups excluding carboxylic acids is 3. The first kappa shape index (κ1) is 26.2. The first-order chi connectivity index (χ1) is 16.4. The van der Waals surface area contributed by atoms with Crippen LogP contribution in [0.1, 0.15) is 5.69 Å². The Bertz CT molecular complexity index is 1140. The quantitative estimate of drug-likeness (QED) is 0.0970. The van der Waals surface area contributed by atoms with Crippen molar-refractivity contribution < 1.29 is 33.6 Å². The molecule has 1 fully saturated rings. The number of fused-ring (bicyclic) bond motifs is 1. The van der Waals surface area contributed by atoms with Crippen molar-refractivity contribution in [1.29, 1.82) is 0 Å². The molecule has 2 atom stereocenters. The normalized spacial score (nSPS) is 20.5. The van der Waals surface area contributed by atoms with Crippen LogP contribution in [-0.4, -0.2) is 100 Å². The molecule has 3 heterocycles. The molecule has 1 saturated heterocycles.